The Morgan fingerprint density at radius 2 is 1.22 bits per heavy atom. The van der Waals surface area contributed by atoms with Gasteiger partial charge in [0.2, 0.25) is 0 Å². The van der Waals surface area contributed by atoms with Crippen molar-refractivity contribution < 1.29 is 4.42 Å². The predicted octanol–water partition coefficient (Wildman–Crippen LogP) is 13.8. The molecular weight excluding hydrogens is 744 g/mol. The first-order valence-corrected chi connectivity index (χ1v) is 21.7. The summed E-state index contributed by atoms with van der Waals surface area (Å²) in [6, 6.07) is 54.3. The number of thiophene rings is 2. The van der Waals surface area contributed by atoms with Crippen molar-refractivity contribution in [3.05, 3.63) is 151 Å². The van der Waals surface area contributed by atoms with Gasteiger partial charge in [0.05, 0.1) is 5.52 Å². The smallest absolute Gasteiger partial charge is 0.198 e. The summed E-state index contributed by atoms with van der Waals surface area (Å²) in [5, 5.41) is 14.1. The maximum Gasteiger partial charge on any atom is 0.198 e. The highest BCUT2D eigenvalue weighted by atomic mass is 32.1. The van der Waals surface area contributed by atoms with E-state index < -0.39 is 0 Å². The third kappa shape index (κ3) is 4.61. The second-order valence-corrected chi connectivity index (χ2v) is 19.2. The van der Waals surface area contributed by atoms with Gasteiger partial charge in [0.25, 0.3) is 0 Å². The van der Waals surface area contributed by atoms with Gasteiger partial charge in [0.1, 0.15) is 11.2 Å². The van der Waals surface area contributed by atoms with Crippen LogP contribution in [0.25, 0.3) is 101 Å². The van der Waals surface area contributed by atoms with Crippen molar-refractivity contribution in [2.24, 2.45) is 0 Å². The molecule has 58 heavy (non-hydrogen) atoms. The van der Waals surface area contributed by atoms with Crippen LogP contribution in [0.15, 0.2) is 150 Å². The van der Waals surface area contributed by atoms with Crippen LogP contribution in [0.1, 0.15) is 26.3 Å². The zero-order valence-electron chi connectivity index (χ0n) is 32.2. The van der Waals surface area contributed by atoms with Gasteiger partial charge in [-0.25, -0.2) is 0 Å². The van der Waals surface area contributed by atoms with Crippen LogP contribution < -0.4 is 16.2 Å². The standard InChI is InChI=1S/C52H35BN2OS2/c1-52(2,3)28-16-18-29(19-17-28)54-41-24-39-32-12-6-9-15-47(32)57-48(39)25-35(41)33-20-21-34-36-22-38-31-11-5-8-14-46(31)58-49(38)27-42(36)55-43-26-45-37(23-40(43)53-50(33)51(34)55)30-10-4-7-13-44(30)56-45/h4-27,53-54H,1-3H3. The Kier molecular flexibility index (Phi) is 6.56. The minimum atomic E-state index is 0.0849. The molecule has 0 bridgehead atoms. The van der Waals surface area contributed by atoms with Gasteiger partial charge in [-0.1, -0.05) is 111 Å². The monoisotopic (exact) mass is 778 g/mol. The fourth-order valence-corrected chi connectivity index (χ4v) is 12.0. The Labute approximate surface area is 343 Å². The molecule has 0 saturated carbocycles. The van der Waals surface area contributed by atoms with E-state index in [-0.39, 0.29) is 5.41 Å². The van der Waals surface area contributed by atoms with Crippen molar-refractivity contribution >= 4 is 136 Å². The van der Waals surface area contributed by atoms with Gasteiger partial charge in [-0.15, -0.1) is 22.7 Å². The molecule has 13 rings (SSSR count). The molecule has 0 atom stereocenters. The number of furan rings is 1. The minimum absolute atomic E-state index is 0.0849. The van der Waals surface area contributed by atoms with Gasteiger partial charge in [-0.05, 0) is 76.6 Å². The number of hydrogen-bond acceptors (Lipinski definition) is 4. The third-order valence-corrected chi connectivity index (χ3v) is 14.8. The lowest BCUT2D eigenvalue weighted by molar-refractivity contribution is 0.590. The number of anilines is 2. The van der Waals surface area contributed by atoms with E-state index in [0.717, 1.165) is 35.2 Å². The number of hydrogen-bond donors (Lipinski definition) is 1. The molecule has 0 saturated heterocycles. The summed E-state index contributed by atoms with van der Waals surface area (Å²) in [7, 11) is 0.815. The van der Waals surface area contributed by atoms with E-state index in [4.69, 9.17) is 4.42 Å². The SMILES string of the molecule is CC(C)(C)c1ccc(Nc2cc3c(cc2-c2ccc4c5cc6c(cc5n5c4c2Bc2cc4c(cc2-5)oc2ccccc24)sc2ccccc26)sc2ccccc23)cc1. The van der Waals surface area contributed by atoms with Crippen LogP contribution >= 0.6 is 22.7 Å². The number of para-hydroxylation sites is 1. The molecule has 0 unspecified atom stereocenters. The molecule has 0 aliphatic carbocycles. The van der Waals surface area contributed by atoms with Gasteiger partial charge in [-0.3, -0.25) is 0 Å². The third-order valence-electron chi connectivity index (χ3n) is 12.6. The van der Waals surface area contributed by atoms with E-state index >= 15 is 0 Å². The lowest BCUT2D eigenvalue weighted by Gasteiger charge is -2.24. The highest BCUT2D eigenvalue weighted by molar-refractivity contribution is 7.26. The van der Waals surface area contributed by atoms with E-state index in [9.17, 15) is 0 Å². The second kappa shape index (κ2) is 11.6. The molecule has 6 heteroatoms. The molecule has 1 aliphatic heterocycles. The van der Waals surface area contributed by atoms with Gasteiger partial charge in [0, 0.05) is 96.1 Å². The maximum absolute atomic E-state index is 6.54. The van der Waals surface area contributed by atoms with Crippen molar-refractivity contribution in [1.82, 2.24) is 4.57 Å². The van der Waals surface area contributed by atoms with Gasteiger partial charge in [-0.2, -0.15) is 0 Å². The van der Waals surface area contributed by atoms with Crippen molar-refractivity contribution in [2.45, 2.75) is 26.2 Å². The van der Waals surface area contributed by atoms with E-state index in [1.807, 2.05) is 22.7 Å². The van der Waals surface area contributed by atoms with E-state index in [1.165, 1.54) is 101 Å². The lowest BCUT2D eigenvalue weighted by atomic mass is 9.59. The Balaban J connectivity index is 1.11. The zero-order chi connectivity index (χ0) is 38.4. The summed E-state index contributed by atoms with van der Waals surface area (Å²) in [4.78, 5) is 0. The van der Waals surface area contributed by atoms with Crippen molar-refractivity contribution in [1.29, 1.82) is 0 Å². The van der Waals surface area contributed by atoms with Crippen LogP contribution in [0.3, 0.4) is 0 Å². The van der Waals surface area contributed by atoms with E-state index in [0.29, 0.717) is 0 Å². The highest BCUT2D eigenvalue weighted by Gasteiger charge is 2.29. The Morgan fingerprint density at radius 3 is 1.98 bits per heavy atom. The lowest BCUT2D eigenvalue weighted by Crippen LogP contribution is -2.37. The maximum atomic E-state index is 6.54. The Morgan fingerprint density at radius 1 is 0.534 bits per heavy atom. The molecule has 0 spiro atoms. The number of fused-ring (bicyclic) bond motifs is 14. The fourth-order valence-electron chi connectivity index (χ4n) is 9.72. The summed E-state index contributed by atoms with van der Waals surface area (Å²) in [5.41, 5.74) is 14.3. The van der Waals surface area contributed by atoms with E-state index in [2.05, 4.69) is 176 Å². The summed E-state index contributed by atoms with van der Waals surface area (Å²) in [6.45, 7) is 6.81. The highest BCUT2D eigenvalue weighted by Crippen LogP contribution is 2.45. The second-order valence-electron chi connectivity index (χ2n) is 17.0. The normalized spacial score (nSPS) is 12.9. The van der Waals surface area contributed by atoms with Crippen molar-refractivity contribution in [2.75, 3.05) is 5.32 Å². The molecule has 1 N–H and O–H groups in total. The van der Waals surface area contributed by atoms with Crippen LogP contribution in [0.5, 0.6) is 0 Å². The summed E-state index contributed by atoms with van der Waals surface area (Å²) in [5.74, 6) is 0. The largest absolute Gasteiger partial charge is 0.456 e. The molecule has 12 aromatic rings. The predicted molar refractivity (Wildman–Crippen MR) is 254 cm³/mol. The molecule has 5 heterocycles. The molecule has 1 aliphatic rings. The average Bonchev–Trinajstić information content (AvgIpc) is 3.98. The van der Waals surface area contributed by atoms with Gasteiger partial charge in [0.15, 0.2) is 7.28 Å². The number of aromatic nitrogens is 1. The van der Waals surface area contributed by atoms with E-state index in [1.54, 1.807) is 0 Å². The average molecular weight is 779 g/mol. The zero-order valence-corrected chi connectivity index (χ0v) is 33.9. The molecule has 8 aromatic carbocycles. The first kappa shape index (κ1) is 32.7. The summed E-state index contributed by atoms with van der Waals surface area (Å²) in [6.07, 6.45) is 0. The Bertz CT molecular complexity index is 3720. The van der Waals surface area contributed by atoms with Crippen molar-refractivity contribution in [3.63, 3.8) is 0 Å². The molecule has 0 amide bonds. The number of nitrogens with zero attached hydrogens (tertiary/aromatic N) is 1. The van der Waals surface area contributed by atoms with Crippen LogP contribution in [0.4, 0.5) is 11.4 Å². The number of nitrogens with one attached hydrogen (secondary N) is 1. The quantitative estimate of drug-likeness (QED) is 0.181. The van der Waals surface area contributed by atoms with Crippen LogP contribution in [-0.2, 0) is 5.41 Å². The molecular formula is C52H35BN2OS2. The molecule has 4 aromatic heterocycles. The molecule has 0 radical (unpaired) electrons. The van der Waals surface area contributed by atoms with Crippen LogP contribution in [-0.4, -0.2) is 11.8 Å². The number of rotatable bonds is 3. The first-order valence-electron chi connectivity index (χ1n) is 20.0. The first-order chi connectivity index (χ1) is 28.3. The molecule has 274 valence electrons. The topological polar surface area (TPSA) is 30.1 Å². The fraction of sp³-hybridized carbons (Fsp3) is 0.0769. The molecule has 0 fully saturated rings. The summed E-state index contributed by atoms with van der Waals surface area (Å²) < 4.78 is 14.3. The van der Waals surface area contributed by atoms with Gasteiger partial charge < -0.3 is 14.3 Å². The number of benzene rings is 8. The van der Waals surface area contributed by atoms with Crippen molar-refractivity contribution in [3.8, 4) is 16.8 Å². The van der Waals surface area contributed by atoms with Gasteiger partial charge >= 0.3 is 0 Å². The van der Waals surface area contributed by atoms with Crippen LogP contribution in [0.2, 0.25) is 0 Å². The minimum Gasteiger partial charge on any atom is -0.456 e. The summed E-state index contributed by atoms with van der Waals surface area (Å²) >= 11 is 3.76. The van der Waals surface area contributed by atoms with Crippen LogP contribution in [0, 0.1) is 0 Å². The molecule has 3 nitrogen and oxygen atoms in total. The Hall–Kier alpha value is -6.34.